The van der Waals surface area contributed by atoms with Crippen molar-refractivity contribution in [2.24, 2.45) is 11.7 Å². The number of nitrogens with zero attached hydrogens (tertiary/aromatic N) is 1. The number of nitrogens with two attached hydrogens (primary N) is 1. The maximum absolute atomic E-state index is 11.3. The Hall–Kier alpha value is -0.880. The quantitative estimate of drug-likeness (QED) is 0.861. The van der Waals surface area contributed by atoms with Gasteiger partial charge in [0.2, 0.25) is 0 Å². The van der Waals surface area contributed by atoms with Crippen molar-refractivity contribution in [1.29, 1.82) is 0 Å². The summed E-state index contributed by atoms with van der Waals surface area (Å²) < 4.78 is 28.3. The maximum Gasteiger partial charge on any atom is 0.194 e. The van der Waals surface area contributed by atoms with Gasteiger partial charge in [-0.05, 0) is 31.7 Å². The first kappa shape index (κ1) is 13.5. The fraction of sp³-hybridized carbons (Fsp3) is 0.750. The van der Waals surface area contributed by atoms with Gasteiger partial charge in [0.05, 0.1) is 17.7 Å². The maximum atomic E-state index is 11.3. The number of aryl methyl sites for hydroxylation is 1. The van der Waals surface area contributed by atoms with E-state index in [9.17, 15) is 8.42 Å². The minimum absolute atomic E-state index is 0.304. The minimum Gasteiger partial charge on any atom is -0.446 e. The van der Waals surface area contributed by atoms with Crippen LogP contribution in [-0.2, 0) is 22.7 Å². The molecule has 0 radical (unpaired) electrons. The summed E-state index contributed by atoms with van der Waals surface area (Å²) in [6.45, 7) is 0.649. The van der Waals surface area contributed by atoms with Crippen LogP contribution in [0.2, 0.25) is 0 Å². The molecule has 0 spiro atoms. The Morgan fingerprint density at radius 1 is 1.39 bits per heavy atom. The van der Waals surface area contributed by atoms with Crippen molar-refractivity contribution in [3.05, 3.63) is 17.8 Å². The smallest absolute Gasteiger partial charge is 0.194 e. The molecular weight excluding hydrogens is 252 g/mol. The van der Waals surface area contributed by atoms with Gasteiger partial charge >= 0.3 is 0 Å². The summed E-state index contributed by atoms with van der Waals surface area (Å²) in [4.78, 5) is 4.24. The number of rotatable bonds is 5. The molecule has 1 aromatic heterocycles. The van der Waals surface area contributed by atoms with Crippen molar-refractivity contribution in [3.8, 4) is 0 Å². The van der Waals surface area contributed by atoms with E-state index in [-0.39, 0.29) is 0 Å². The van der Waals surface area contributed by atoms with Gasteiger partial charge in [-0.15, -0.1) is 0 Å². The van der Waals surface area contributed by atoms with E-state index >= 15 is 0 Å². The molecule has 5 nitrogen and oxygen atoms in total. The van der Waals surface area contributed by atoms with Gasteiger partial charge in [-0.25, -0.2) is 13.4 Å². The van der Waals surface area contributed by atoms with Crippen LogP contribution in [0.15, 0.2) is 10.6 Å². The molecule has 0 bridgehead atoms. The molecule has 18 heavy (non-hydrogen) atoms. The van der Waals surface area contributed by atoms with Gasteiger partial charge in [-0.2, -0.15) is 0 Å². The number of aromatic nitrogens is 1. The molecule has 0 unspecified atom stereocenters. The molecule has 2 rings (SSSR count). The molecule has 0 aromatic carbocycles. The Morgan fingerprint density at radius 2 is 2.11 bits per heavy atom. The summed E-state index contributed by atoms with van der Waals surface area (Å²) in [6.07, 6.45) is 5.67. The second-order valence-electron chi connectivity index (χ2n) is 4.91. The monoisotopic (exact) mass is 272 g/mol. The molecule has 1 saturated heterocycles. The van der Waals surface area contributed by atoms with Crippen LogP contribution in [0.4, 0.5) is 0 Å². The lowest BCUT2D eigenvalue weighted by atomic mass is 9.99. The van der Waals surface area contributed by atoms with Crippen molar-refractivity contribution in [1.82, 2.24) is 4.98 Å². The van der Waals surface area contributed by atoms with Crippen LogP contribution in [0.1, 0.15) is 30.9 Å². The molecule has 0 atom stereocenters. The zero-order valence-corrected chi connectivity index (χ0v) is 11.3. The summed E-state index contributed by atoms with van der Waals surface area (Å²) in [7, 11) is -2.78. The number of hydrogen-bond donors (Lipinski definition) is 1. The average Bonchev–Trinajstić information content (AvgIpc) is 2.77. The van der Waals surface area contributed by atoms with Crippen molar-refractivity contribution in [2.75, 3.05) is 18.1 Å². The van der Waals surface area contributed by atoms with Gasteiger partial charge < -0.3 is 10.2 Å². The van der Waals surface area contributed by atoms with Gasteiger partial charge in [0, 0.05) is 12.8 Å². The van der Waals surface area contributed by atoms with Gasteiger partial charge in [-0.1, -0.05) is 0 Å². The standard InChI is InChI=1S/C12H20N2O3S/c13-5-1-2-11-9-14-12(17-11)8-10-3-6-18(15,16)7-4-10/h9-10H,1-8,13H2. The number of oxazole rings is 1. The highest BCUT2D eigenvalue weighted by molar-refractivity contribution is 7.91. The largest absolute Gasteiger partial charge is 0.446 e. The van der Waals surface area contributed by atoms with Gasteiger partial charge in [0.1, 0.15) is 15.6 Å². The summed E-state index contributed by atoms with van der Waals surface area (Å²) >= 11 is 0. The fourth-order valence-electron chi connectivity index (χ4n) is 2.22. The molecule has 0 saturated carbocycles. The van der Waals surface area contributed by atoms with Gasteiger partial charge in [0.25, 0.3) is 0 Å². The summed E-state index contributed by atoms with van der Waals surface area (Å²) in [6, 6.07) is 0. The van der Waals surface area contributed by atoms with Crippen LogP contribution < -0.4 is 5.73 Å². The van der Waals surface area contributed by atoms with E-state index in [1.54, 1.807) is 6.20 Å². The molecule has 6 heteroatoms. The highest BCUT2D eigenvalue weighted by Gasteiger charge is 2.24. The Bertz CT molecular complexity index is 467. The van der Waals surface area contributed by atoms with E-state index in [0.717, 1.165) is 43.8 Å². The van der Waals surface area contributed by atoms with Crippen molar-refractivity contribution in [2.45, 2.75) is 32.1 Å². The highest BCUT2D eigenvalue weighted by Crippen LogP contribution is 2.23. The third-order valence-corrected chi connectivity index (χ3v) is 5.08. The molecule has 102 valence electrons. The predicted octanol–water partition coefficient (Wildman–Crippen LogP) is 0.933. The predicted molar refractivity (Wildman–Crippen MR) is 69.0 cm³/mol. The molecule has 1 aliphatic rings. The lowest BCUT2D eigenvalue weighted by Crippen LogP contribution is -2.24. The zero-order chi connectivity index (χ0) is 13.0. The lowest BCUT2D eigenvalue weighted by Gasteiger charge is -2.20. The normalized spacial score (nSPS) is 20.1. The first-order chi connectivity index (χ1) is 8.59. The van der Waals surface area contributed by atoms with Crippen molar-refractivity contribution >= 4 is 9.84 Å². The Morgan fingerprint density at radius 3 is 2.78 bits per heavy atom. The van der Waals surface area contributed by atoms with E-state index in [4.69, 9.17) is 10.2 Å². The summed E-state index contributed by atoms with van der Waals surface area (Å²) in [5.41, 5.74) is 5.44. The topological polar surface area (TPSA) is 86.2 Å². The molecule has 1 aromatic rings. The Kier molecular flexibility index (Phi) is 4.40. The van der Waals surface area contributed by atoms with Gasteiger partial charge in [-0.3, -0.25) is 0 Å². The molecule has 2 heterocycles. The van der Waals surface area contributed by atoms with E-state index in [1.807, 2.05) is 0 Å². The Balaban J connectivity index is 1.84. The SMILES string of the molecule is NCCCc1cnc(CC2CCS(=O)(=O)CC2)o1. The van der Waals surface area contributed by atoms with Gasteiger partial charge in [0.15, 0.2) is 5.89 Å². The van der Waals surface area contributed by atoms with Crippen LogP contribution in [0.3, 0.4) is 0 Å². The van der Waals surface area contributed by atoms with Crippen molar-refractivity contribution < 1.29 is 12.8 Å². The molecule has 1 fully saturated rings. The number of sulfone groups is 1. The van der Waals surface area contributed by atoms with Crippen LogP contribution in [-0.4, -0.2) is 31.5 Å². The number of hydrogen-bond acceptors (Lipinski definition) is 5. The van der Waals surface area contributed by atoms with Crippen molar-refractivity contribution in [3.63, 3.8) is 0 Å². The zero-order valence-electron chi connectivity index (χ0n) is 10.5. The fourth-order valence-corrected chi connectivity index (χ4v) is 3.81. The summed E-state index contributed by atoms with van der Waals surface area (Å²) in [5, 5.41) is 0. The Labute approximate surface area is 108 Å². The van der Waals surface area contributed by atoms with E-state index in [1.165, 1.54) is 0 Å². The van der Waals surface area contributed by atoms with Crippen LogP contribution in [0.5, 0.6) is 0 Å². The van der Waals surface area contributed by atoms with E-state index in [0.29, 0.717) is 24.0 Å². The molecule has 0 amide bonds. The second kappa shape index (κ2) is 5.84. The molecule has 0 aliphatic carbocycles. The average molecular weight is 272 g/mol. The minimum atomic E-state index is -2.78. The first-order valence-corrected chi connectivity index (χ1v) is 8.25. The molecule has 1 aliphatic heterocycles. The van der Waals surface area contributed by atoms with Crippen LogP contribution in [0.25, 0.3) is 0 Å². The summed E-state index contributed by atoms with van der Waals surface area (Å²) in [5.74, 6) is 2.59. The second-order valence-corrected chi connectivity index (χ2v) is 7.22. The third-order valence-electron chi connectivity index (χ3n) is 3.37. The van der Waals surface area contributed by atoms with E-state index in [2.05, 4.69) is 4.98 Å². The highest BCUT2D eigenvalue weighted by atomic mass is 32.2. The third kappa shape index (κ3) is 3.81. The lowest BCUT2D eigenvalue weighted by molar-refractivity contribution is 0.384. The van der Waals surface area contributed by atoms with E-state index < -0.39 is 9.84 Å². The molecular formula is C12H20N2O3S. The van der Waals surface area contributed by atoms with Crippen LogP contribution in [0, 0.1) is 5.92 Å². The first-order valence-electron chi connectivity index (χ1n) is 6.43. The van der Waals surface area contributed by atoms with Crippen LogP contribution >= 0.6 is 0 Å². The molecule has 2 N–H and O–H groups in total.